The molecule has 1 saturated carbocycles. The lowest BCUT2D eigenvalue weighted by Gasteiger charge is -2.34. The van der Waals surface area contributed by atoms with Gasteiger partial charge >= 0.3 is 0 Å². The first kappa shape index (κ1) is 24.4. The normalized spacial score (nSPS) is 14.7. The predicted molar refractivity (Wildman–Crippen MR) is 137 cm³/mol. The first-order valence-corrected chi connectivity index (χ1v) is 12.2. The molecule has 0 aliphatic heterocycles. The van der Waals surface area contributed by atoms with Crippen molar-refractivity contribution in [3.63, 3.8) is 0 Å². The van der Waals surface area contributed by atoms with E-state index in [0.717, 1.165) is 37.7 Å². The number of para-hydroxylation sites is 1. The van der Waals surface area contributed by atoms with Crippen molar-refractivity contribution in [2.24, 2.45) is 5.73 Å². The summed E-state index contributed by atoms with van der Waals surface area (Å²) in [5, 5.41) is 2.84. The lowest BCUT2D eigenvalue weighted by atomic mass is 9.92. The van der Waals surface area contributed by atoms with Crippen LogP contribution in [0.15, 0.2) is 84.9 Å². The van der Waals surface area contributed by atoms with Crippen LogP contribution in [0.1, 0.15) is 58.4 Å². The molecule has 180 valence electrons. The predicted octanol–water partition coefficient (Wildman–Crippen LogP) is 4.81. The van der Waals surface area contributed by atoms with E-state index in [0.29, 0.717) is 17.7 Å². The molecule has 6 heteroatoms. The molecule has 1 atom stereocenters. The number of anilines is 1. The summed E-state index contributed by atoms with van der Waals surface area (Å²) in [7, 11) is 0. The number of imide groups is 1. The van der Waals surface area contributed by atoms with Crippen molar-refractivity contribution in [3.8, 4) is 0 Å². The number of nitrogens with two attached hydrogens (primary N) is 1. The third-order valence-electron chi connectivity index (χ3n) is 6.45. The molecule has 0 spiro atoms. The lowest BCUT2D eigenvalue weighted by Crippen LogP contribution is -2.53. The summed E-state index contributed by atoms with van der Waals surface area (Å²) in [5.74, 6) is -1.12. The number of rotatable bonds is 7. The van der Waals surface area contributed by atoms with Crippen LogP contribution in [0.25, 0.3) is 0 Å². The van der Waals surface area contributed by atoms with E-state index in [4.69, 9.17) is 5.73 Å². The summed E-state index contributed by atoms with van der Waals surface area (Å²) in [6.45, 7) is 0. The highest BCUT2D eigenvalue weighted by atomic mass is 16.2. The molecule has 1 fully saturated rings. The first-order chi connectivity index (χ1) is 17.0. The Labute approximate surface area is 206 Å². The highest BCUT2D eigenvalue weighted by molar-refractivity contribution is 6.12. The van der Waals surface area contributed by atoms with Gasteiger partial charge in [0.15, 0.2) is 0 Å². The molecule has 1 unspecified atom stereocenters. The smallest absolute Gasteiger partial charge is 0.262 e. The summed E-state index contributed by atoms with van der Waals surface area (Å²) in [4.78, 5) is 41.6. The largest absolute Gasteiger partial charge is 0.321 e. The van der Waals surface area contributed by atoms with Crippen LogP contribution < -0.4 is 11.1 Å². The van der Waals surface area contributed by atoms with Gasteiger partial charge in [-0.05, 0) is 49.1 Å². The minimum Gasteiger partial charge on any atom is -0.321 e. The van der Waals surface area contributed by atoms with E-state index in [9.17, 15) is 14.4 Å². The Morgan fingerprint density at radius 3 is 2.11 bits per heavy atom. The molecule has 3 aromatic rings. The number of benzene rings is 3. The minimum atomic E-state index is -0.839. The Bertz CT molecular complexity index is 1160. The third kappa shape index (κ3) is 6.03. The van der Waals surface area contributed by atoms with Gasteiger partial charge in [0.05, 0.1) is 17.3 Å². The molecule has 3 N–H and O–H groups in total. The molecule has 3 aromatic carbocycles. The number of amides is 3. The molecule has 0 saturated heterocycles. The first-order valence-electron chi connectivity index (χ1n) is 12.2. The zero-order valence-electron chi connectivity index (χ0n) is 19.7. The maximum Gasteiger partial charge on any atom is 0.262 e. The van der Waals surface area contributed by atoms with Crippen molar-refractivity contribution in [1.82, 2.24) is 4.90 Å². The van der Waals surface area contributed by atoms with E-state index in [1.807, 2.05) is 36.4 Å². The van der Waals surface area contributed by atoms with Crippen LogP contribution in [0.4, 0.5) is 5.69 Å². The van der Waals surface area contributed by atoms with Crippen LogP contribution >= 0.6 is 0 Å². The minimum absolute atomic E-state index is 0.205. The molecule has 1 aliphatic carbocycles. The number of hydrogen-bond donors (Lipinski definition) is 2. The van der Waals surface area contributed by atoms with Gasteiger partial charge in [-0.2, -0.15) is 0 Å². The van der Waals surface area contributed by atoms with Gasteiger partial charge in [-0.15, -0.1) is 0 Å². The van der Waals surface area contributed by atoms with Crippen molar-refractivity contribution < 1.29 is 14.4 Å². The maximum absolute atomic E-state index is 13.9. The Hall–Kier alpha value is -3.77. The summed E-state index contributed by atoms with van der Waals surface area (Å²) in [6.07, 6.45) is 4.88. The Balaban J connectivity index is 1.61. The number of hydrogen-bond acceptors (Lipinski definition) is 4. The maximum atomic E-state index is 13.9. The Kier molecular flexibility index (Phi) is 8.06. The van der Waals surface area contributed by atoms with E-state index in [1.165, 1.54) is 4.90 Å². The molecule has 1 aliphatic rings. The van der Waals surface area contributed by atoms with Gasteiger partial charge in [0, 0.05) is 11.6 Å². The van der Waals surface area contributed by atoms with Gasteiger partial charge in [0.25, 0.3) is 11.8 Å². The van der Waals surface area contributed by atoms with Gasteiger partial charge in [0.2, 0.25) is 5.91 Å². The van der Waals surface area contributed by atoms with E-state index in [2.05, 4.69) is 5.32 Å². The van der Waals surface area contributed by atoms with Gasteiger partial charge < -0.3 is 11.1 Å². The van der Waals surface area contributed by atoms with Crippen LogP contribution in [0.3, 0.4) is 0 Å². The van der Waals surface area contributed by atoms with Crippen molar-refractivity contribution in [1.29, 1.82) is 0 Å². The highest BCUT2D eigenvalue weighted by Gasteiger charge is 2.35. The van der Waals surface area contributed by atoms with Gasteiger partial charge in [-0.1, -0.05) is 79.9 Å². The lowest BCUT2D eigenvalue weighted by molar-refractivity contribution is -0.132. The fraction of sp³-hybridized carbons (Fsp3) is 0.276. The molecule has 0 radical (unpaired) electrons. The summed E-state index contributed by atoms with van der Waals surface area (Å²) < 4.78 is 0. The van der Waals surface area contributed by atoms with Crippen LogP contribution in [-0.2, 0) is 11.2 Å². The number of carbonyl (C=O) groups excluding carboxylic acids is 3. The SMILES string of the molecule is NC(Cc1ccccc1)C(=O)N(C(=O)c1ccccc1NC(=O)c1ccccc1)C1CCCCC1. The molecular weight excluding hydrogens is 438 g/mol. The van der Waals surface area contributed by atoms with Gasteiger partial charge in [0.1, 0.15) is 0 Å². The van der Waals surface area contributed by atoms with Gasteiger partial charge in [-0.25, -0.2) is 0 Å². The number of carbonyl (C=O) groups is 3. The molecule has 0 aromatic heterocycles. The topological polar surface area (TPSA) is 92.5 Å². The summed E-state index contributed by atoms with van der Waals surface area (Å²) >= 11 is 0. The molecule has 0 bridgehead atoms. The molecular formula is C29H31N3O3. The fourth-order valence-electron chi connectivity index (χ4n) is 4.61. The van der Waals surface area contributed by atoms with Crippen molar-refractivity contribution >= 4 is 23.4 Å². The zero-order chi connectivity index (χ0) is 24.6. The number of nitrogens with zero attached hydrogens (tertiary/aromatic N) is 1. The standard InChI is InChI=1S/C29H31N3O3/c30-25(20-21-12-4-1-5-13-21)29(35)32(23-16-8-3-9-17-23)28(34)24-18-10-11-19-26(24)31-27(33)22-14-6-2-7-15-22/h1-2,4-7,10-15,18-19,23,25H,3,8-9,16-17,20,30H2,(H,31,33). The van der Waals surface area contributed by atoms with Crippen molar-refractivity contribution in [2.75, 3.05) is 5.32 Å². The van der Waals surface area contributed by atoms with Gasteiger partial charge in [-0.3, -0.25) is 19.3 Å². The van der Waals surface area contributed by atoms with E-state index in [1.54, 1.807) is 48.5 Å². The zero-order valence-corrected chi connectivity index (χ0v) is 19.7. The Morgan fingerprint density at radius 2 is 1.43 bits per heavy atom. The highest BCUT2D eigenvalue weighted by Crippen LogP contribution is 2.27. The van der Waals surface area contributed by atoms with Crippen molar-refractivity contribution in [3.05, 3.63) is 102 Å². The molecule has 35 heavy (non-hydrogen) atoms. The second kappa shape index (κ2) is 11.6. The quantitative estimate of drug-likeness (QED) is 0.519. The summed E-state index contributed by atoms with van der Waals surface area (Å²) in [6, 6.07) is 24.2. The third-order valence-corrected chi connectivity index (χ3v) is 6.45. The van der Waals surface area contributed by atoms with E-state index >= 15 is 0 Å². The Morgan fingerprint density at radius 1 is 0.829 bits per heavy atom. The van der Waals surface area contributed by atoms with E-state index in [-0.39, 0.29) is 23.4 Å². The van der Waals surface area contributed by atoms with Crippen LogP contribution in [0, 0.1) is 0 Å². The molecule has 4 rings (SSSR count). The number of nitrogens with one attached hydrogen (secondary N) is 1. The second-order valence-electron chi connectivity index (χ2n) is 8.97. The monoisotopic (exact) mass is 469 g/mol. The van der Waals surface area contributed by atoms with Crippen LogP contribution in [0.2, 0.25) is 0 Å². The second-order valence-corrected chi connectivity index (χ2v) is 8.97. The van der Waals surface area contributed by atoms with Crippen LogP contribution in [-0.4, -0.2) is 34.7 Å². The average Bonchev–Trinajstić information content (AvgIpc) is 2.90. The summed E-state index contributed by atoms with van der Waals surface area (Å²) in [5.41, 5.74) is 8.44. The van der Waals surface area contributed by atoms with E-state index < -0.39 is 11.9 Å². The fourth-order valence-corrected chi connectivity index (χ4v) is 4.61. The molecule has 3 amide bonds. The molecule has 6 nitrogen and oxygen atoms in total. The average molecular weight is 470 g/mol. The molecule has 0 heterocycles. The van der Waals surface area contributed by atoms with Crippen LogP contribution in [0.5, 0.6) is 0 Å². The van der Waals surface area contributed by atoms with Crippen molar-refractivity contribution in [2.45, 2.75) is 50.6 Å².